The van der Waals surface area contributed by atoms with Crippen LogP contribution in [0, 0.1) is 23.0 Å². The number of anilines is 2. The Balaban J connectivity index is 1.63. The summed E-state index contributed by atoms with van der Waals surface area (Å²) < 4.78 is 0. The number of nitro groups is 1. The Bertz CT molecular complexity index is 1320. The first-order valence-electron chi connectivity index (χ1n) is 10.2. The zero-order valence-corrected chi connectivity index (χ0v) is 18.1. The first-order chi connectivity index (χ1) is 15.9. The highest BCUT2D eigenvalue weighted by Crippen LogP contribution is 2.41. The average molecular weight is 461 g/mol. The summed E-state index contributed by atoms with van der Waals surface area (Å²) in [5.41, 5.74) is 2.66. The Hall–Kier alpha value is -4.04. The molecule has 0 bridgehead atoms. The third kappa shape index (κ3) is 3.27. The van der Waals surface area contributed by atoms with Crippen molar-refractivity contribution in [2.24, 2.45) is 11.0 Å². The van der Waals surface area contributed by atoms with E-state index >= 15 is 0 Å². The van der Waals surface area contributed by atoms with Crippen LogP contribution in [0.2, 0.25) is 5.02 Å². The van der Waals surface area contributed by atoms with Gasteiger partial charge in [0, 0.05) is 17.2 Å². The number of non-ortho nitro benzene ring substituents is 1. The van der Waals surface area contributed by atoms with Crippen molar-refractivity contribution in [2.75, 3.05) is 9.91 Å². The predicted molar refractivity (Wildman–Crippen MR) is 125 cm³/mol. The Kier molecular flexibility index (Phi) is 4.94. The van der Waals surface area contributed by atoms with Crippen molar-refractivity contribution >= 4 is 46.2 Å². The summed E-state index contributed by atoms with van der Waals surface area (Å²) >= 11 is 6.26. The maximum absolute atomic E-state index is 13.6. The van der Waals surface area contributed by atoms with Gasteiger partial charge < -0.3 is 0 Å². The minimum absolute atomic E-state index is 0.0771. The fourth-order valence-electron chi connectivity index (χ4n) is 4.28. The largest absolute Gasteiger partial charge is 0.273 e. The van der Waals surface area contributed by atoms with Gasteiger partial charge in [-0.1, -0.05) is 48.0 Å². The third-order valence-corrected chi connectivity index (χ3v) is 6.33. The van der Waals surface area contributed by atoms with Crippen LogP contribution in [0.25, 0.3) is 0 Å². The number of hydrazone groups is 1. The SMILES string of the molecule is Cc1c(Cl)cccc1N1C(=O)[C@H]2C(c3ccccc3)=NN(c3ccc([N+](=O)[O-])cc3)[C@H]2C1=O. The molecule has 2 aliphatic rings. The molecule has 0 aromatic heterocycles. The Morgan fingerprint density at radius 1 is 0.939 bits per heavy atom. The molecule has 3 aromatic carbocycles. The van der Waals surface area contributed by atoms with E-state index in [1.165, 1.54) is 34.2 Å². The molecule has 0 spiro atoms. The zero-order chi connectivity index (χ0) is 23.3. The molecule has 3 aromatic rings. The van der Waals surface area contributed by atoms with Crippen LogP contribution in [0.5, 0.6) is 0 Å². The molecule has 9 heteroatoms. The van der Waals surface area contributed by atoms with Gasteiger partial charge in [-0.25, -0.2) is 4.90 Å². The van der Waals surface area contributed by atoms with Crippen LogP contribution in [0.4, 0.5) is 17.1 Å². The first kappa shape index (κ1) is 20.8. The van der Waals surface area contributed by atoms with Crippen molar-refractivity contribution in [1.82, 2.24) is 0 Å². The van der Waals surface area contributed by atoms with E-state index in [1.54, 1.807) is 25.1 Å². The molecule has 1 fully saturated rings. The van der Waals surface area contributed by atoms with E-state index in [2.05, 4.69) is 5.10 Å². The van der Waals surface area contributed by atoms with Gasteiger partial charge >= 0.3 is 0 Å². The molecule has 2 amide bonds. The lowest BCUT2D eigenvalue weighted by Gasteiger charge is -2.23. The van der Waals surface area contributed by atoms with Crippen molar-refractivity contribution in [1.29, 1.82) is 0 Å². The van der Waals surface area contributed by atoms with Crippen LogP contribution in [-0.2, 0) is 9.59 Å². The van der Waals surface area contributed by atoms with E-state index in [4.69, 9.17) is 11.6 Å². The van der Waals surface area contributed by atoms with Crippen molar-refractivity contribution in [2.45, 2.75) is 13.0 Å². The normalized spacial score (nSPS) is 19.6. The van der Waals surface area contributed by atoms with Gasteiger partial charge in [-0.3, -0.25) is 24.7 Å². The number of benzene rings is 3. The van der Waals surface area contributed by atoms with Gasteiger partial charge in [-0.05, 0) is 42.3 Å². The van der Waals surface area contributed by atoms with Gasteiger partial charge in [0.2, 0.25) is 5.91 Å². The van der Waals surface area contributed by atoms with Crippen LogP contribution in [-0.4, -0.2) is 28.5 Å². The highest BCUT2D eigenvalue weighted by molar-refractivity contribution is 6.35. The Morgan fingerprint density at radius 3 is 2.30 bits per heavy atom. The molecule has 0 radical (unpaired) electrons. The predicted octanol–water partition coefficient (Wildman–Crippen LogP) is 4.34. The molecule has 2 atom stereocenters. The molecule has 0 N–H and O–H groups in total. The van der Waals surface area contributed by atoms with Crippen LogP contribution in [0.3, 0.4) is 0 Å². The molecule has 0 saturated carbocycles. The van der Waals surface area contributed by atoms with Gasteiger partial charge in [-0.15, -0.1) is 0 Å². The molecule has 8 nitrogen and oxygen atoms in total. The number of carbonyl (C=O) groups excluding carboxylic acids is 2. The van der Waals surface area contributed by atoms with E-state index in [0.717, 1.165) is 5.56 Å². The number of nitrogens with zero attached hydrogens (tertiary/aromatic N) is 4. The molecule has 2 heterocycles. The van der Waals surface area contributed by atoms with Gasteiger partial charge in [-0.2, -0.15) is 5.10 Å². The lowest BCUT2D eigenvalue weighted by atomic mass is 9.93. The van der Waals surface area contributed by atoms with E-state index < -0.39 is 22.8 Å². The number of imide groups is 1. The number of hydrogen-bond acceptors (Lipinski definition) is 6. The van der Waals surface area contributed by atoms with Crippen molar-refractivity contribution in [3.8, 4) is 0 Å². The summed E-state index contributed by atoms with van der Waals surface area (Å²) in [6.45, 7) is 1.76. The fourth-order valence-corrected chi connectivity index (χ4v) is 4.45. The smallest absolute Gasteiger partial charge is 0.269 e. The molecule has 5 rings (SSSR count). The molecular formula is C24H17ClN4O4. The maximum atomic E-state index is 13.6. The number of hydrogen-bond donors (Lipinski definition) is 0. The van der Waals surface area contributed by atoms with Gasteiger partial charge in [0.25, 0.3) is 11.6 Å². The lowest BCUT2D eigenvalue weighted by molar-refractivity contribution is -0.384. The number of halogens is 1. The topological polar surface area (TPSA) is 96.1 Å². The molecule has 0 aliphatic carbocycles. The molecule has 1 saturated heterocycles. The summed E-state index contributed by atoms with van der Waals surface area (Å²) in [7, 11) is 0. The summed E-state index contributed by atoms with van der Waals surface area (Å²) in [6.07, 6.45) is 0. The summed E-state index contributed by atoms with van der Waals surface area (Å²) in [6, 6.07) is 19.1. The van der Waals surface area contributed by atoms with Crippen LogP contribution >= 0.6 is 11.6 Å². The molecule has 0 unspecified atom stereocenters. The third-order valence-electron chi connectivity index (χ3n) is 5.92. The number of nitro benzene ring substituents is 1. The number of amides is 2. The Morgan fingerprint density at radius 2 is 1.64 bits per heavy atom. The van der Waals surface area contributed by atoms with Gasteiger partial charge in [0.15, 0.2) is 0 Å². The van der Waals surface area contributed by atoms with E-state index in [1.807, 2.05) is 30.3 Å². The zero-order valence-electron chi connectivity index (χ0n) is 17.4. The summed E-state index contributed by atoms with van der Waals surface area (Å²) in [5, 5.41) is 17.6. The van der Waals surface area contributed by atoms with E-state index in [0.29, 0.717) is 27.7 Å². The molecule has 33 heavy (non-hydrogen) atoms. The second-order valence-electron chi connectivity index (χ2n) is 7.79. The average Bonchev–Trinajstić information content (AvgIpc) is 3.33. The summed E-state index contributed by atoms with van der Waals surface area (Å²) in [5.74, 6) is -1.64. The quantitative estimate of drug-likeness (QED) is 0.328. The second kappa shape index (κ2) is 7.83. The van der Waals surface area contributed by atoms with Crippen molar-refractivity contribution < 1.29 is 14.5 Å². The highest BCUT2D eigenvalue weighted by Gasteiger charge is 2.57. The minimum atomic E-state index is -0.910. The fraction of sp³-hybridized carbons (Fsp3) is 0.125. The molecular weight excluding hydrogens is 444 g/mol. The van der Waals surface area contributed by atoms with Crippen molar-refractivity contribution in [3.05, 3.63) is 99.1 Å². The highest BCUT2D eigenvalue weighted by atomic mass is 35.5. The maximum Gasteiger partial charge on any atom is 0.269 e. The minimum Gasteiger partial charge on any atom is -0.273 e. The monoisotopic (exact) mass is 460 g/mol. The Labute approximate surface area is 193 Å². The van der Waals surface area contributed by atoms with Gasteiger partial charge in [0.1, 0.15) is 12.0 Å². The number of carbonyl (C=O) groups is 2. The molecule has 164 valence electrons. The van der Waals surface area contributed by atoms with Crippen LogP contribution in [0.1, 0.15) is 11.1 Å². The van der Waals surface area contributed by atoms with Crippen molar-refractivity contribution in [3.63, 3.8) is 0 Å². The van der Waals surface area contributed by atoms with Crippen LogP contribution in [0.15, 0.2) is 77.9 Å². The number of rotatable bonds is 4. The van der Waals surface area contributed by atoms with E-state index in [-0.39, 0.29) is 11.6 Å². The summed E-state index contributed by atoms with van der Waals surface area (Å²) in [4.78, 5) is 39.0. The molecule has 2 aliphatic heterocycles. The van der Waals surface area contributed by atoms with Crippen LogP contribution < -0.4 is 9.91 Å². The standard InChI is InChI=1S/C24H17ClN4O4/c1-14-18(25)8-5-9-19(14)27-23(30)20-21(15-6-3-2-4-7-15)26-28(22(20)24(27)31)16-10-12-17(13-11-16)29(32)33/h2-13,20,22H,1H3/t20-,22+/m0/s1. The van der Waals surface area contributed by atoms with E-state index in [9.17, 15) is 19.7 Å². The number of fused-ring (bicyclic) bond motifs is 1. The first-order valence-corrected chi connectivity index (χ1v) is 10.6. The lowest BCUT2D eigenvalue weighted by Crippen LogP contribution is -2.39. The second-order valence-corrected chi connectivity index (χ2v) is 8.19. The van der Waals surface area contributed by atoms with Gasteiger partial charge in [0.05, 0.1) is 22.0 Å².